The Balaban J connectivity index is 0.000000705. The molecule has 0 aliphatic carbocycles. The summed E-state index contributed by atoms with van der Waals surface area (Å²) in [5.74, 6) is -3.44. The van der Waals surface area contributed by atoms with Crippen LogP contribution in [0.15, 0.2) is 24.5 Å². The Kier molecular flexibility index (Phi) is 14.6. The fraction of sp³-hybridized carbons (Fsp3) is 0.579. The van der Waals surface area contributed by atoms with Gasteiger partial charge in [-0.25, -0.2) is 9.59 Å². The number of carboxylic acids is 3. The second-order valence-corrected chi connectivity index (χ2v) is 9.08. The average molecular weight is 573 g/mol. The lowest BCUT2D eigenvalue weighted by Crippen LogP contribution is -2.69. The number of aliphatic carboxylic acids is 2. The van der Waals surface area contributed by atoms with Crippen LogP contribution in [0, 0.1) is 0 Å². The zero-order valence-electron chi connectivity index (χ0n) is 20.2. The maximum Gasteiger partial charge on any atom is 0.365 e. The molecule has 1 aromatic rings. The van der Waals surface area contributed by atoms with Crippen LogP contribution in [0.4, 0.5) is 0 Å². The maximum absolute atomic E-state index is 10.9. The van der Waals surface area contributed by atoms with Gasteiger partial charge in [0, 0.05) is 6.07 Å². The average Bonchev–Trinajstić information content (AvgIpc) is 3.10. The van der Waals surface area contributed by atoms with Gasteiger partial charge in [0.2, 0.25) is 6.04 Å². The molecular formula is C19H32N3O15P. The summed E-state index contributed by atoms with van der Waals surface area (Å²) < 4.78 is 20.9. The number of phosphoric acid groups is 1. The van der Waals surface area contributed by atoms with Crippen LogP contribution in [0.2, 0.25) is 0 Å². The Morgan fingerprint density at radius 2 is 1.68 bits per heavy atom. The van der Waals surface area contributed by atoms with Gasteiger partial charge in [-0.1, -0.05) is 0 Å². The molecule has 0 amide bonds. The van der Waals surface area contributed by atoms with Crippen molar-refractivity contribution in [3.05, 3.63) is 30.1 Å². The summed E-state index contributed by atoms with van der Waals surface area (Å²) in [6, 6.07) is 0.659. The number of rotatable bonds is 9. The Bertz CT molecular complexity index is 948. The van der Waals surface area contributed by atoms with E-state index in [-0.39, 0.29) is 5.56 Å². The van der Waals surface area contributed by atoms with Crippen LogP contribution in [0.1, 0.15) is 30.4 Å². The molecule has 2 rings (SSSR count). The van der Waals surface area contributed by atoms with Gasteiger partial charge < -0.3 is 70.8 Å². The van der Waals surface area contributed by atoms with Gasteiger partial charge in [0.1, 0.15) is 29.9 Å². The molecule has 38 heavy (non-hydrogen) atoms. The van der Waals surface area contributed by atoms with Gasteiger partial charge in [-0.3, -0.25) is 4.79 Å². The molecule has 1 saturated heterocycles. The summed E-state index contributed by atoms with van der Waals surface area (Å²) in [5, 5.41) is 61.8. The zero-order chi connectivity index (χ0) is 30.0. The van der Waals surface area contributed by atoms with E-state index in [0.29, 0.717) is 0 Å². The van der Waals surface area contributed by atoms with Crippen molar-refractivity contribution < 1.29 is 84.0 Å². The molecule has 19 heteroatoms. The number of aromatic carboxylic acids is 1. The molecule has 0 aromatic carbocycles. The quantitative estimate of drug-likeness (QED) is 0.0980. The number of hydrogen-bond donors (Lipinski definition) is 9. The predicted molar refractivity (Wildman–Crippen MR) is 116 cm³/mol. The van der Waals surface area contributed by atoms with Crippen molar-refractivity contribution in [1.29, 1.82) is 0 Å². The first-order valence-electron chi connectivity index (χ1n) is 10.6. The van der Waals surface area contributed by atoms with Crippen LogP contribution in [0.3, 0.4) is 0 Å². The van der Waals surface area contributed by atoms with Gasteiger partial charge in [0.05, 0.1) is 20.5 Å². The number of nitrogens with two attached hydrogens (primary N) is 1. The monoisotopic (exact) mass is 573 g/mol. The zero-order valence-corrected chi connectivity index (χ0v) is 21.1. The minimum atomic E-state index is -5.23. The van der Waals surface area contributed by atoms with E-state index < -0.39 is 81.2 Å². The summed E-state index contributed by atoms with van der Waals surface area (Å²) in [6.07, 6.45) is -4.63. The molecule has 0 unspecified atom stereocenters. The number of carbonyl (C=O) groups is 3. The van der Waals surface area contributed by atoms with E-state index in [1.807, 2.05) is 0 Å². The van der Waals surface area contributed by atoms with Crippen molar-refractivity contribution in [2.75, 3.05) is 6.61 Å². The number of nitrogens with zero attached hydrogens (tertiary/aromatic N) is 1. The molecule has 0 radical (unpaired) electrons. The van der Waals surface area contributed by atoms with Crippen molar-refractivity contribution in [3.63, 3.8) is 0 Å². The van der Waals surface area contributed by atoms with Crippen LogP contribution in [0.25, 0.3) is 0 Å². The Hall–Kier alpha value is -2.61. The Morgan fingerprint density at radius 1 is 1.13 bits per heavy atom. The first kappa shape index (κ1) is 35.4. The number of aromatic nitrogens is 1. The highest BCUT2D eigenvalue weighted by Gasteiger charge is 2.48. The summed E-state index contributed by atoms with van der Waals surface area (Å²) in [4.78, 5) is 51.5. The first-order chi connectivity index (χ1) is 17.3. The molecule has 1 aliphatic heterocycles. The second-order valence-electron chi connectivity index (χ2n) is 7.92. The van der Waals surface area contributed by atoms with Crippen LogP contribution in [0.5, 0.6) is 0 Å². The third-order valence-electron chi connectivity index (χ3n) is 4.80. The molecule has 2 heterocycles. The van der Waals surface area contributed by atoms with Crippen LogP contribution in [-0.2, 0) is 23.4 Å². The van der Waals surface area contributed by atoms with Gasteiger partial charge in [-0.2, -0.15) is 4.57 Å². The number of phosphoric ester groups is 1. The van der Waals surface area contributed by atoms with E-state index in [2.05, 4.69) is 10.3 Å². The van der Waals surface area contributed by atoms with E-state index in [9.17, 15) is 38.9 Å². The summed E-state index contributed by atoms with van der Waals surface area (Å²) in [5.41, 5.74) is 8.02. The van der Waals surface area contributed by atoms with E-state index >= 15 is 0 Å². The smallest absolute Gasteiger partial charge is 0.365 e. The van der Waals surface area contributed by atoms with Crippen LogP contribution < -0.4 is 25.8 Å². The third-order valence-corrected chi connectivity index (χ3v) is 5.27. The minimum Gasteiger partial charge on any atom is -0.790 e. The second kappa shape index (κ2) is 15.7. The molecule has 8 atom stereocenters. The lowest BCUT2D eigenvalue weighted by atomic mass is 10.1. The first-order valence-corrected chi connectivity index (χ1v) is 12.1. The molecule has 0 saturated carbocycles. The molecular weight excluding hydrogens is 541 g/mol. The highest BCUT2D eigenvalue weighted by Crippen LogP contribution is 2.30. The van der Waals surface area contributed by atoms with E-state index in [0.717, 1.165) is 0 Å². The number of quaternary nitrogens is 1. The van der Waals surface area contributed by atoms with E-state index in [1.54, 1.807) is 0 Å². The molecule has 1 aliphatic rings. The summed E-state index contributed by atoms with van der Waals surface area (Å²) in [6.45, 7) is 1.97. The molecule has 0 spiro atoms. The van der Waals surface area contributed by atoms with Crippen molar-refractivity contribution >= 4 is 25.7 Å². The molecule has 1 aromatic heterocycles. The SMILES string of the molecule is C[C@H](O)[C@H](N)C(=O)O.C[C@H](O)[C@H]([NH3+])C(=O)O.O=C(O)c1ccc[n+]([C@@H]2O[C@H](COP(=O)([O-])[O-])[C@@H](O)[C@H]2O)c1. The number of carboxylic acid groups (broad SMARTS) is 3. The molecule has 0 bridgehead atoms. The van der Waals surface area contributed by atoms with Crippen molar-refractivity contribution in [1.82, 2.24) is 0 Å². The lowest BCUT2D eigenvalue weighted by Gasteiger charge is -2.30. The van der Waals surface area contributed by atoms with Crippen molar-refractivity contribution in [2.45, 2.75) is 62.7 Å². The predicted octanol–water partition coefficient (Wildman–Crippen LogP) is -6.02. The van der Waals surface area contributed by atoms with E-state index in [4.69, 9.17) is 36.0 Å². The van der Waals surface area contributed by atoms with Gasteiger partial charge in [-0.05, 0) is 19.9 Å². The van der Waals surface area contributed by atoms with Gasteiger partial charge >= 0.3 is 17.9 Å². The number of aliphatic hydroxyl groups excluding tert-OH is 4. The maximum atomic E-state index is 10.9. The lowest BCUT2D eigenvalue weighted by molar-refractivity contribution is -0.765. The third kappa shape index (κ3) is 12.3. The summed E-state index contributed by atoms with van der Waals surface area (Å²) >= 11 is 0. The standard InChI is InChI=1S/C11H14NO9P.2C4H9NO3/c13-8-7(5-20-22(17,18)19)21-10(9(8)14)12-3-1-2-6(4-12)11(15)16;2*1-2(6)3(5)4(7)8/h1-4,7-10,13-14H,5H2,(H2-,15,16,17,18,19);2*2-3,6H,5H2,1H3,(H,7,8)/t7-,8-,9-,10-;2*2-,3-/m100/s1. The Labute approximate surface area is 215 Å². The van der Waals surface area contributed by atoms with Crippen molar-refractivity contribution in [3.8, 4) is 0 Å². The van der Waals surface area contributed by atoms with Gasteiger partial charge in [-0.15, -0.1) is 0 Å². The van der Waals surface area contributed by atoms with Crippen LogP contribution >= 0.6 is 7.82 Å². The van der Waals surface area contributed by atoms with Crippen LogP contribution in [-0.4, -0.2) is 103 Å². The fourth-order valence-electron chi connectivity index (χ4n) is 2.47. The van der Waals surface area contributed by atoms with Gasteiger partial charge in [0.15, 0.2) is 18.5 Å². The minimum absolute atomic E-state index is 0.0730. The van der Waals surface area contributed by atoms with Gasteiger partial charge in [0.25, 0.3) is 6.23 Å². The fourth-order valence-corrected chi connectivity index (χ4v) is 2.80. The number of aliphatic hydroxyl groups is 4. The topological polar surface area (TPSA) is 332 Å². The summed E-state index contributed by atoms with van der Waals surface area (Å²) in [7, 11) is -5.23. The molecule has 218 valence electrons. The number of pyridine rings is 1. The Morgan fingerprint density at radius 3 is 2.03 bits per heavy atom. The largest absolute Gasteiger partial charge is 0.790 e. The highest BCUT2D eigenvalue weighted by molar-refractivity contribution is 7.43. The molecule has 12 N–H and O–H groups in total. The number of hydrogen-bond acceptors (Lipinski definition) is 13. The molecule has 18 nitrogen and oxygen atoms in total. The van der Waals surface area contributed by atoms with Crippen molar-refractivity contribution in [2.24, 2.45) is 5.73 Å². The molecule has 1 fully saturated rings. The number of ether oxygens (including phenoxy) is 1. The van der Waals surface area contributed by atoms with E-state index in [1.165, 1.54) is 42.9 Å². The normalized spacial score (nSPS) is 23.9. The highest BCUT2D eigenvalue weighted by atomic mass is 31.2.